The van der Waals surface area contributed by atoms with Crippen molar-refractivity contribution in [2.24, 2.45) is 0 Å². The average Bonchev–Trinajstić information content (AvgIpc) is 3.41. The molecule has 2 aromatic carbocycles. The predicted molar refractivity (Wildman–Crippen MR) is 99.6 cm³/mol. The molecular formula is C18H14F4N8Se. The van der Waals surface area contributed by atoms with Crippen LogP contribution in [-0.4, -0.2) is 55.4 Å². The van der Waals surface area contributed by atoms with E-state index < -0.39 is 47.9 Å². The Bertz CT molecular complexity index is 1050. The van der Waals surface area contributed by atoms with Gasteiger partial charge in [-0.2, -0.15) is 0 Å². The second-order valence-corrected chi connectivity index (χ2v) is 9.47. The normalized spacial score (nSPS) is 13.3. The summed E-state index contributed by atoms with van der Waals surface area (Å²) in [6.07, 6.45) is 2.75. The summed E-state index contributed by atoms with van der Waals surface area (Å²) >= 11 is -0.533. The molecule has 0 fully saturated rings. The van der Waals surface area contributed by atoms with Crippen molar-refractivity contribution in [1.29, 1.82) is 0 Å². The van der Waals surface area contributed by atoms with Gasteiger partial charge in [0.2, 0.25) is 0 Å². The Kier molecular flexibility index (Phi) is 6.33. The molecule has 0 N–H and O–H groups in total. The summed E-state index contributed by atoms with van der Waals surface area (Å²) in [6.45, 7) is 0.370. The molecule has 2 aromatic heterocycles. The Labute approximate surface area is 179 Å². The fourth-order valence-corrected chi connectivity index (χ4v) is 6.27. The van der Waals surface area contributed by atoms with Crippen LogP contribution in [0, 0.1) is 23.3 Å². The van der Waals surface area contributed by atoms with Gasteiger partial charge < -0.3 is 0 Å². The Hall–Kier alpha value is -3.18. The van der Waals surface area contributed by atoms with Crippen LogP contribution in [0.2, 0.25) is 0 Å². The molecule has 31 heavy (non-hydrogen) atoms. The molecule has 160 valence electrons. The van der Waals surface area contributed by atoms with Crippen molar-refractivity contribution < 1.29 is 17.6 Å². The maximum absolute atomic E-state index is 14.6. The van der Waals surface area contributed by atoms with Crippen LogP contribution in [0.15, 0.2) is 49.1 Å². The summed E-state index contributed by atoms with van der Waals surface area (Å²) in [4.78, 5) is -0.995. The fraction of sp³-hybridized carbons (Fsp3) is 0.222. The monoisotopic (exact) mass is 498 g/mol. The van der Waals surface area contributed by atoms with Crippen molar-refractivity contribution in [3.8, 4) is 0 Å². The first-order chi connectivity index (χ1) is 15.0. The predicted octanol–water partition coefficient (Wildman–Crippen LogP) is 2.10. The van der Waals surface area contributed by atoms with Gasteiger partial charge in [0.1, 0.15) is 0 Å². The van der Waals surface area contributed by atoms with E-state index in [-0.39, 0.29) is 24.2 Å². The Morgan fingerprint density at radius 3 is 1.52 bits per heavy atom. The van der Waals surface area contributed by atoms with Gasteiger partial charge in [-0.05, 0) is 0 Å². The topological polar surface area (TPSA) is 87.2 Å². The second kappa shape index (κ2) is 9.31. The van der Waals surface area contributed by atoms with Gasteiger partial charge in [-0.1, -0.05) is 0 Å². The number of tetrazole rings is 2. The number of halogens is 4. The van der Waals surface area contributed by atoms with Crippen LogP contribution >= 0.6 is 0 Å². The van der Waals surface area contributed by atoms with Gasteiger partial charge in [-0.15, -0.1) is 0 Å². The summed E-state index contributed by atoms with van der Waals surface area (Å²) in [6, 6.07) is 6.64. The van der Waals surface area contributed by atoms with Crippen molar-refractivity contribution in [2.75, 3.05) is 0 Å². The number of benzene rings is 2. The zero-order chi connectivity index (χ0) is 21.8. The second-order valence-electron chi connectivity index (χ2n) is 6.51. The average molecular weight is 497 g/mol. The molecule has 4 rings (SSSR count). The molecular weight excluding hydrogens is 483 g/mol. The number of aromatic nitrogens is 8. The van der Waals surface area contributed by atoms with E-state index in [1.165, 1.54) is 34.2 Å². The van der Waals surface area contributed by atoms with Gasteiger partial charge in [0.15, 0.2) is 0 Å². The van der Waals surface area contributed by atoms with E-state index in [9.17, 15) is 17.6 Å². The molecule has 0 saturated heterocycles. The van der Waals surface area contributed by atoms with Crippen LogP contribution < -0.4 is 0 Å². The molecule has 0 radical (unpaired) electrons. The standard InChI is InChI=1S/C18H14F4N8Se/c19-11-1-3-13(15(21)5-11)17(7-29-9-23-25-27-29)31-18(8-30-10-24-26-28-30)14-4-2-12(20)6-16(14)22/h1-6,9-10,17-18H,7-8H2. The molecule has 0 aliphatic carbocycles. The molecule has 0 amide bonds. The maximum atomic E-state index is 14.6. The van der Waals surface area contributed by atoms with Crippen molar-refractivity contribution in [2.45, 2.75) is 22.7 Å². The summed E-state index contributed by atoms with van der Waals surface area (Å²) in [5, 5.41) is 22.0. The van der Waals surface area contributed by atoms with Crippen LogP contribution in [0.1, 0.15) is 20.8 Å². The van der Waals surface area contributed by atoms with Crippen molar-refractivity contribution in [3.63, 3.8) is 0 Å². The van der Waals surface area contributed by atoms with Gasteiger partial charge in [0.25, 0.3) is 0 Å². The Balaban J connectivity index is 1.71. The van der Waals surface area contributed by atoms with Crippen LogP contribution in [0.25, 0.3) is 0 Å². The van der Waals surface area contributed by atoms with E-state index in [2.05, 4.69) is 31.1 Å². The van der Waals surface area contributed by atoms with Gasteiger partial charge in [-0.3, -0.25) is 0 Å². The third-order valence-electron chi connectivity index (χ3n) is 4.44. The minimum atomic E-state index is -0.722. The number of nitrogens with zero attached hydrogens (tertiary/aromatic N) is 8. The summed E-state index contributed by atoms with van der Waals surface area (Å²) in [7, 11) is 0. The van der Waals surface area contributed by atoms with E-state index in [0.717, 1.165) is 24.3 Å². The molecule has 0 spiro atoms. The number of hydrogen-bond donors (Lipinski definition) is 0. The fourth-order valence-electron chi connectivity index (χ4n) is 3.02. The van der Waals surface area contributed by atoms with E-state index in [4.69, 9.17) is 0 Å². The minimum absolute atomic E-state index is 0.185. The van der Waals surface area contributed by atoms with Crippen molar-refractivity contribution >= 4 is 15.0 Å². The van der Waals surface area contributed by atoms with E-state index in [1.54, 1.807) is 0 Å². The van der Waals surface area contributed by atoms with Gasteiger partial charge in [0.05, 0.1) is 0 Å². The molecule has 0 bridgehead atoms. The van der Waals surface area contributed by atoms with Gasteiger partial charge in [-0.25, -0.2) is 0 Å². The first kappa shape index (κ1) is 21.1. The molecule has 8 nitrogen and oxygen atoms in total. The van der Waals surface area contributed by atoms with Crippen LogP contribution in [-0.2, 0) is 13.1 Å². The number of hydrogen-bond acceptors (Lipinski definition) is 6. The first-order valence-corrected chi connectivity index (χ1v) is 10.9. The quantitative estimate of drug-likeness (QED) is 0.274. The van der Waals surface area contributed by atoms with Crippen LogP contribution in [0.3, 0.4) is 0 Å². The molecule has 4 aromatic rings. The number of rotatable bonds is 8. The summed E-state index contributed by atoms with van der Waals surface area (Å²) in [5.74, 6) is -2.85. The molecule has 0 saturated carbocycles. The summed E-state index contributed by atoms with van der Waals surface area (Å²) < 4.78 is 59.1. The molecule has 2 unspecified atom stereocenters. The van der Waals surface area contributed by atoms with E-state index >= 15 is 0 Å². The first-order valence-electron chi connectivity index (χ1n) is 8.96. The molecule has 2 atom stereocenters. The van der Waals surface area contributed by atoms with Crippen LogP contribution in [0.5, 0.6) is 0 Å². The van der Waals surface area contributed by atoms with E-state index in [0.29, 0.717) is 0 Å². The zero-order valence-electron chi connectivity index (χ0n) is 15.7. The third kappa shape index (κ3) is 5.12. The van der Waals surface area contributed by atoms with Crippen molar-refractivity contribution in [3.05, 3.63) is 83.4 Å². The zero-order valence-corrected chi connectivity index (χ0v) is 17.4. The van der Waals surface area contributed by atoms with Gasteiger partial charge in [0, 0.05) is 0 Å². The van der Waals surface area contributed by atoms with Crippen molar-refractivity contribution in [1.82, 2.24) is 40.4 Å². The Morgan fingerprint density at radius 1 is 0.710 bits per heavy atom. The van der Waals surface area contributed by atoms with E-state index in [1.807, 2.05) is 0 Å². The van der Waals surface area contributed by atoms with Gasteiger partial charge >= 0.3 is 179 Å². The van der Waals surface area contributed by atoms with Crippen LogP contribution in [0.4, 0.5) is 17.6 Å². The SMILES string of the molecule is Fc1ccc(C(Cn2cnnn2)[Se]C(Cn2cnnn2)c2ccc(F)cc2F)c(F)c1. The Morgan fingerprint density at radius 2 is 1.16 bits per heavy atom. The molecule has 0 aliphatic rings. The summed E-state index contributed by atoms with van der Waals surface area (Å²) in [5.41, 5.74) is 0.502. The molecule has 13 heteroatoms. The molecule has 2 heterocycles. The third-order valence-corrected chi connectivity index (χ3v) is 7.51. The molecule has 0 aliphatic heterocycles.